The van der Waals surface area contributed by atoms with E-state index < -0.39 is 17.7 Å². The summed E-state index contributed by atoms with van der Waals surface area (Å²) in [6.45, 7) is 0.149. The topological polar surface area (TPSA) is 83.6 Å². The van der Waals surface area contributed by atoms with E-state index in [4.69, 9.17) is 27.6 Å². The minimum absolute atomic E-state index is 0.0719. The Morgan fingerprint density at radius 2 is 1.86 bits per heavy atom. The van der Waals surface area contributed by atoms with Gasteiger partial charge in [0, 0.05) is 24.5 Å². The molecule has 6 nitrogen and oxygen atoms in total. The number of amides is 1. The average Bonchev–Trinajstić information content (AvgIpc) is 3.33. The molecule has 29 heavy (non-hydrogen) atoms. The Bertz CT molecular complexity index is 1110. The van der Waals surface area contributed by atoms with Crippen molar-refractivity contribution in [2.45, 2.75) is 12.6 Å². The molecule has 0 bridgehead atoms. The minimum atomic E-state index is -0.882. The van der Waals surface area contributed by atoms with Crippen molar-refractivity contribution < 1.29 is 19.1 Å². The molecule has 1 amide bonds. The molecule has 1 N–H and O–H groups in total. The number of Topliss-reactive ketones (excluding diaryl/α,β-unsaturated/α-hetero) is 1. The van der Waals surface area contributed by atoms with Crippen LogP contribution in [0.25, 0.3) is 5.76 Å². The summed E-state index contributed by atoms with van der Waals surface area (Å²) in [4.78, 5) is 31.0. The van der Waals surface area contributed by atoms with E-state index in [-0.39, 0.29) is 28.5 Å². The van der Waals surface area contributed by atoms with E-state index in [0.717, 1.165) is 5.56 Å². The van der Waals surface area contributed by atoms with E-state index in [2.05, 4.69) is 4.98 Å². The molecule has 4 rings (SSSR count). The van der Waals surface area contributed by atoms with Crippen molar-refractivity contribution in [3.63, 3.8) is 0 Å². The molecule has 146 valence electrons. The molecule has 3 heterocycles. The molecular weight excluding hydrogens is 415 g/mol. The molecule has 1 fully saturated rings. The fourth-order valence-corrected chi connectivity index (χ4v) is 3.57. The SMILES string of the molecule is O=C1C(=O)N(Cc2ccncc2)C(c2ccco2)/C1=C(/O)c1ccc(Cl)c(Cl)c1. The van der Waals surface area contributed by atoms with Gasteiger partial charge in [-0.2, -0.15) is 0 Å². The third-order valence-corrected chi connectivity index (χ3v) is 5.39. The lowest BCUT2D eigenvalue weighted by Crippen LogP contribution is -2.29. The lowest BCUT2D eigenvalue weighted by molar-refractivity contribution is -0.140. The number of carbonyl (C=O) groups excluding carboxylic acids is 2. The van der Waals surface area contributed by atoms with E-state index in [1.54, 1.807) is 36.7 Å². The van der Waals surface area contributed by atoms with Gasteiger partial charge in [0.25, 0.3) is 11.7 Å². The summed E-state index contributed by atoms with van der Waals surface area (Å²) in [6.07, 6.45) is 4.65. The summed E-state index contributed by atoms with van der Waals surface area (Å²) < 4.78 is 5.49. The van der Waals surface area contributed by atoms with Gasteiger partial charge in [0.2, 0.25) is 0 Å². The molecule has 3 aromatic rings. The normalized spacial score (nSPS) is 18.4. The van der Waals surface area contributed by atoms with Gasteiger partial charge in [-0.15, -0.1) is 0 Å². The molecule has 1 unspecified atom stereocenters. The maximum Gasteiger partial charge on any atom is 0.296 e. The largest absolute Gasteiger partial charge is 0.507 e. The van der Waals surface area contributed by atoms with Gasteiger partial charge < -0.3 is 14.4 Å². The van der Waals surface area contributed by atoms with Crippen LogP contribution in [0, 0.1) is 0 Å². The molecule has 0 saturated carbocycles. The number of hydrogen-bond acceptors (Lipinski definition) is 5. The van der Waals surface area contributed by atoms with Crippen molar-refractivity contribution in [1.29, 1.82) is 0 Å². The number of benzene rings is 1. The monoisotopic (exact) mass is 428 g/mol. The smallest absolute Gasteiger partial charge is 0.296 e. The fraction of sp³-hybridized carbons (Fsp3) is 0.0952. The van der Waals surface area contributed by atoms with Crippen molar-refractivity contribution in [1.82, 2.24) is 9.88 Å². The zero-order valence-electron chi connectivity index (χ0n) is 14.9. The molecular formula is C21H14Cl2N2O4. The molecule has 1 aliphatic rings. The third kappa shape index (κ3) is 3.52. The number of ketones is 1. The first-order valence-electron chi connectivity index (χ1n) is 8.63. The highest BCUT2D eigenvalue weighted by atomic mass is 35.5. The molecule has 0 spiro atoms. The van der Waals surface area contributed by atoms with Crippen molar-refractivity contribution in [3.05, 3.63) is 93.6 Å². The predicted octanol–water partition coefficient (Wildman–Crippen LogP) is 4.60. The van der Waals surface area contributed by atoms with Crippen molar-refractivity contribution in [2.24, 2.45) is 0 Å². The standard InChI is InChI=1S/C21H14Cl2N2O4/c22-14-4-3-13(10-15(14)23)19(26)17-18(16-2-1-9-29-16)25(21(28)20(17)27)11-12-5-7-24-8-6-12/h1-10,18,26H,11H2/b19-17-. The number of rotatable bonds is 4. The number of carbonyl (C=O) groups is 2. The first-order valence-corrected chi connectivity index (χ1v) is 9.39. The van der Waals surface area contributed by atoms with Gasteiger partial charge in [-0.1, -0.05) is 23.2 Å². The number of furan rings is 1. The Labute approximate surface area is 176 Å². The van der Waals surface area contributed by atoms with Gasteiger partial charge in [0.1, 0.15) is 17.6 Å². The highest BCUT2D eigenvalue weighted by Gasteiger charge is 2.47. The zero-order valence-corrected chi connectivity index (χ0v) is 16.4. The number of pyridine rings is 1. The lowest BCUT2D eigenvalue weighted by Gasteiger charge is -2.23. The number of aliphatic hydroxyl groups is 1. The second kappa shape index (κ2) is 7.73. The molecule has 0 aliphatic carbocycles. The van der Waals surface area contributed by atoms with Crippen LogP contribution in [0.2, 0.25) is 10.0 Å². The van der Waals surface area contributed by atoms with Crippen molar-refractivity contribution in [2.75, 3.05) is 0 Å². The number of halogens is 2. The van der Waals surface area contributed by atoms with E-state index >= 15 is 0 Å². The Morgan fingerprint density at radius 1 is 1.10 bits per heavy atom. The van der Waals surface area contributed by atoms with Crippen LogP contribution in [0.4, 0.5) is 0 Å². The first-order chi connectivity index (χ1) is 14.0. The summed E-state index contributed by atoms with van der Waals surface area (Å²) >= 11 is 12.0. The maximum atomic E-state index is 12.9. The maximum absolute atomic E-state index is 12.9. The molecule has 0 radical (unpaired) electrons. The van der Waals surface area contributed by atoms with Crippen LogP contribution in [0.1, 0.15) is 22.9 Å². The zero-order chi connectivity index (χ0) is 20.5. The van der Waals surface area contributed by atoms with E-state index in [1.807, 2.05) is 0 Å². The van der Waals surface area contributed by atoms with Crippen molar-refractivity contribution >= 4 is 40.7 Å². The number of aromatic nitrogens is 1. The fourth-order valence-electron chi connectivity index (χ4n) is 3.27. The summed E-state index contributed by atoms with van der Waals surface area (Å²) in [6, 6.07) is 10.4. The highest BCUT2D eigenvalue weighted by molar-refractivity contribution is 6.46. The number of likely N-dealkylation sites (tertiary alicyclic amines) is 1. The summed E-state index contributed by atoms with van der Waals surface area (Å²) in [7, 11) is 0. The van der Waals surface area contributed by atoms with Crippen LogP contribution in [-0.2, 0) is 16.1 Å². The second-order valence-corrected chi connectivity index (χ2v) is 7.24. The first kappa shape index (κ1) is 19.2. The molecule has 2 aromatic heterocycles. The Kier molecular flexibility index (Phi) is 5.13. The van der Waals surface area contributed by atoms with E-state index in [9.17, 15) is 14.7 Å². The van der Waals surface area contributed by atoms with E-state index in [0.29, 0.717) is 10.8 Å². The number of hydrogen-bond donors (Lipinski definition) is 1. The quantitative estimate of drug-likeness (QED) is 0.372. The van der Waals surface area contributed by atoms with Crippen LogP contribution in [0.15, 0.2) is 71.1 Å². The van der Waals surface area contributed by atoms with Crippen LogP contribution in [0.5, 0.6) is 0 Å². The van der Waals surface area contributed by atoms with E-state index in [1.165, 1.54) is 29.4 Å². The summed E-state index contributed by atoms with van der Waals surface area (Å²) in [5, 5.41) is 11.4. The molecule has 1 saturated heterocycles. The summed E-state index contributed by atoms with van der Waals surface area (Å²) in [5.74, 6) is -1.52. The Morgan fingerprint density at radius 3 is 2.52 bits per heavy atom. The van der Waals surface area contributed by atoms with Gasteiger partial charge in [-0.3, -0.25) is 14.6 Å². The van der Waals surface area contributed by atoms with Crippen LogP contribution >= 0.6 is 23.2 Å². The Hall–Kier alpha value is -3.09. The van der Waals surface area contributed by atoms with Gasteiger partial charge in [-0.05, 0) is 48.0 Å². The van der Waals surface area contributed by atoms with Gasteiger partial charge in [0.15, 0.2) is 0 Å². The van der Waals surface area contributed by atoms with Crippen LogP contribution in [-0.4, -0.2) is 26.7 Å². The number of nitrogens with zero attached hydrogens (tertiary/aromatic N) is 2. The third-order valence-electron chi connectivity index (χ3n) is 4.65. The van der Waals surface area contributed by atoms with Crippen LogP contribution in [0.3, 0.4) is 0 Å². The summed E-state index contributed by atoms with van der Waals surface area (Å²) in [5.41, 5.74) is 0.989. The molecule has 8 heteroatoms. The minimum Gasteiger partial charge on any atom is -0.507 e. The average molecular weight is 429 g/mol. The second-order valence-electron chi connectivity index (χ2n) is 6.43. The lowest BCUT2D eigenvalue weighted by atomic mass is 9.99. The van der Waals surface area contributed by atoms with Crippen LogP contribution < -0.4 is 0 Å². The molecule has 1 aromatic carbocycles. The van der Waals surface area contributed by atoms with Gasteiger partial charge in [-0.25, -0.2) is 0 Å². The predicted molar refractivity (Wildman–Crippen MR) is 107 cm³/mol. The van der Waals surface area contributed by atoms with Gasteiger partial charge >= 0.3 is 0 Å². The Balaban J connectivity index is 1.84. The highest BCUT2D eigenvalue weighted by Crippen LogP contribution is 2.41. The molecule has 1 aliphatic heterocycles. The van der Waals surface area contributed by atoms with Crippen molar-refractivity contribution in [3.8, 4) is 0 Å². The molecule has 1 atom stereocenters. The van der Waals surface area contributed by atoms with Gasteiger partial charge in [0.05, 0.1) is 21.9 Å². The number of aliphatic hydroxyl groups excluding tert-OH is 1.